The predicted molar refractivity (Wildman–Crippen MR) is 78.6 cm³/mol. The molecule has 0 amide bonds. The number of hydrogen-bond donors (Lipinski definition) is 0. The van der Waals surface area contributed by atoms with Crippen molar-refractivity contribution in [2.24, 2.45) is 17.8 Å². The number of esters is 2. The minimum absolute atomic E-state index is 0.0417. The Bertz CT molecular complexity index is 442. The van der Waals surface area contributed by atoms with Crippen molar-refractivity contribution in [2.75, 3.05) is 6.61 Å². The first-order chi connectivity index (χ1) is 10.1. The fourth-order valence-electron chi connectivity index (χ4n) is 2.58. The van der Waals surface area contributed by atoms with Crippen LogP contribution in [0.25, 0.3) is 0 Å². The maximum atomic E-state index is 12.0. The van der Waals surface area contributed by atoms with Crippen molar-refractivity contribution in [3.05, 3.63) is 10.1 Å². The molecule has 4 atom stereocenters. The van der Waals surface area contributed by atoms with Crippen LogP contribution in [0.1, 0.15) is 47.5 Å². The zero-order chi connectivity index (χ0) is 17.1. The average Bonchev–Trinajstić information content (AvgIpc) is 3.13. The Labute approximate surface area is 130 Å². The van der Waals surface area contributed by atoms with Gasteiger partial charge in [0.15, 0.2) is 0 Å². The highest BCUT2D eigenvalue weighted by atomic mass is 16.6. The minimum Gasteiger partial charge on any atom is -0.466 e. The van der Waals surface area contributed by atoms with E-state index < -0.39 is 28.5 Å². The van der Waals surface area contributed by atoms with E-state index in [0.29, 0.717) is 6.42 Å². The second-order valence-corrected chi connectivity index (χ2v) is 6.74. The lowest BCUT2D eigenvalue weighted by molar-refractivity contribution is -0.528. The molecule has 2 unspecified atom stereocenters. The minimum atomic E-state index is -0.901. The van der Waals surface area contributed by atoms with Gasteiger partial charge in [-0.2, -0.15) is 0 Å². The molecule has 1 fully saturated rings. The predicted octanol–water partition coefficient (Wildman–Crippen LogP) is 2.20. The molecule has 0 spiro atoms. The van der Waals surface area contributed by atoms with Gasteiger partial charge in [-0.25, -0.2) is 0 Å². The van der Waals surface area contributed by atoms with Gasteiger partial charge in [0.1, 0.15) is 5.60 Å². The smallest absolute Gasteiger partial charge is 0.309 e. The zero-order valence-corrected chi connectivity index (χ0v) is 13.8. The number of ether oxygens (including phenoxy) is 2. The first-order valence-electron chi connectivity index (χ1n) is 7.58. The summed E-state index contributed by atoms with van der Waals surface area (Å²) in [4.78, 5) is 34.3. The molecular formula is C15H25NO6. The number of nitrogens with zero attached hydrogens (tertiary/aromatic N) is 1. The van der Waals surface area contributed by atoms with Crippen molar-refractivity contribution >= 4 is 11.9 Å². The third-order valence-corrected chi connectivity index (χ3v) is 3.76. The lowest BCUT2D eigenvalue weighted by atomic mass is 9.91. The molecule has 1 saturated carbocycles. The molecule has 0 aromatic carbocycles. The van der Waals surface area contributed by atoms with E-state index >= 15 is 0 Å². The second kappa shape index (κ2) is 7.07. The van der Waals surface area contributed by atoms with Gasteiger partial charge >= 0.3 is 11.9 Å². The second-order valence-electron chi connectivity index (χ2n) is 6.74. The Morgan fingerprint density at radius 2 is 1.95 bits per heavy atom. The number of hydrogen-bond acceptors (Lipinski definition) is 6. The first-order valence-corrected chi connectivity index (χ1v) is 7.58. The van der Waals surface area contributed by atoms with Gasteiger partial charge in [0.2, 0.25) is 6.04 Å². The van der Waals surface area contributed by atoms with Crippen LogP contribution in [-0.4, -0.2) is 35.1 Å². The number of nitro groups is 1. The lowest BCUT2D eigenvalue weighted by Gasteiger charge is -2.21. The molecular weight excluding hydrogens is 290 g/mol. The van der Waals surface area contributed by atoms with Crippen LogP contribution in [0.2, 0.25) is 0 Å². The van der Waals surface area contributed by atoms with Crippen LogP contribution in [0.15, 0.2) is 0 Å². The molecule has 0 aromatic rings. The van der Waals surface area contributed by atoms with E-state index in [2.05, 4.69) is 0 Å². The van der Waals surface area contributed by atoms with Crippen molar-refractivity contribution < 1.29 is 24.0 Å². The van der Waals surface area contributed by atoms with Crippen LogP contribution in [-0.2, 0) is 19.1 Å². The molecule has 0 aromatic heterocycles. The fourth-order valence-corrected chi connectivity index (χ4v) is 2.58. The van der Waals surface area contributed by atoms with E-state index in [9.17, 15) is 19.7 Å². The summed E-state index contributed by atoms with van der Waals surface area (Å²) in [5, 5.41) is 11.1. The molecule has 0 aliphatic heterocycles. The average molecular weight is 315 g/mol. The molecule has 7 nitrogen and oxygen atoms in total. The van der Waals surface area contributed by atoms with Gasteiger partial charge < -0.3 is 9.47 Å². The standard InChI is InChI=1S/C15H25NO6/c1-6-21-13(17)8-10(9(2)16(19)20)11-7-12(11)14(18)22-15(3,4)5/h9-12H,6-8H2,1-5H3/t9?,10?,11-,12+/m1/s1. The van der Waals surface area contributed by atoms with Crippen molar-refractivity contribution in [1.82, 2.24) is 0 Å². The number of carbonyl (C=O) groups is 2. The molecule has 126 valence electrons. The normalized spacial score (nSPS) is 23.3. The fraction of sp³-hybridized carbons (Fsp3) is 0.867. The van der Waals surface area contributed by atoms with Crippen LogP contribution in [0.5, 0.6) is 0 Å². The van der Waals surface area contributed by atoms with E-state index in [1.54, 1.807) is 27.7 Å². The molecule has 0 bridgehead atoms. The van der Waals surface area contributed by atoms with Gasteiger partial charge in [-0.3, -0.25) is 19.7 Å². The molecule has 0 radical (unpaired) electrons. The Hall–Kier alpha value is -1.66. The van der Waals surface area contributed by atoms with Gasteiger partial charge in [0.25, 0.3) is 0 Å². The van der Waals surface area contributed by atoms with Crippen molar-refractivity contribution in [1.29, 1.82) is 0 Å². The SMILES string of the molecule is CCOC(=O)CC(C(C)[N+](=O)[O-])[C@H]1C[C@@H]1C(=O)OC(C)(C)C. The summed E-state index contributed by atoms with van der Waals surface area (Å²) in [5.41, 5.74) is -0.588. The monoisotopic (exact) mass is 315 g/mol. The molecule has 0 heterocycles. The summed E-state index contributed by atoms with van der Waals surface area (Å²) in [6, 6.07) is -0.901. The number of rotatable bonds is 7. The van der Waals surface area contributed by atoms with Crippen LogP contribution < -0.4 is 0 Å². The largest absolute Gasteiger partial charge is 0.466 e. The Kier molecular flexibility index (Phi) is 5.91. The van der Waals surface area contributed by atoms with Crippen LogP contribution in [0, 0.1) is 27.9 Å². The van der Waals surface area contributed by atoms with Gasteiger partial charge in [0.05, 0.1) is 18.9 Å². The zero-order valence-electron chi connectivity index (χ0n) is 13.8. The van der Waals surface area contributed by atoms with Crippen LogP contribution in [0.4, 0.5) is 0 Å². The highest BCUT2D eigenvalue weighted by molar-refractivity contribution is 5.76. The van der Waals surface area contributed by atoms with Gasteiger partial charge in [0, 0.05) is 17.8 Å². The van der Waals surface area contributed by atoms with Crippen LogP contribution in [0.3, 0.4) is 0 Å². The van der Waals surface area contributed by atoms with Crippen LogP contribution >= 0.6 is 0 Å². The first kappa shape index (κ1) is 18.4. The maximum absolute atomic E-state index is 12.0. The summed E-state index contributed by atoms with van der Waals surface area (Å²) in [6.45, 7) is 8.71. The molecule has 7 heteroatoms. The Morgan fingerprint density at radius 3 is 2.41 bits per heavy atom. The Morgan fingerprint density at radius 1 is 1.36 bits per heavy atom. The molecule has 22 heavy (non-hydrogen) atoms. The van der Waals surface area contributed by atoms with Crippen molar-refractivity contribution in [2.45, 2.75) is 59.1 Å². The van der Waals surface area contributed by atoms with Gasteiger partial charge in [-0.05, 0) is 40.0 Å². The summed E-state index contributed by atoms with van der Waals surface area (Å²) < 4.78 is 10.2. The quantitative estimate of drug-likeness (QED) is 0.406. The van der Waals surface area contributed by atoms with E-state index in [1.807, 2.05) is 0 Å². The summed E-state index contributed by atoms with van der Waals surface area (Å²) in [7, 11) is 0. The van der Waals surface area contributed by atoms with E-state index in [0.717, 1.165) is 0 Å². The van der Waals surface area contributed by atoms with Crippen molar-refractivity contribution in [3.63, 3.8) is 0 Å². The van der Waals surface area contributed by atoms with Gasteiger partial charge in [-0.1, -0.05) is 0 Å². The highest BCUT2D eigenvalue weighted by Crippen LogP contribution is 2.48. The third kappa shape index (κ3) is 5.27. The summed E-state index contributed by atoms with van der Waals surface area (Å²) >= 11 is 0. The summed E-state index contributed by atoms with van der Waals surface area (Å²) in [6.07, 6.45) is 0.483. The molecule has 1 rings (SSSR count). The van der Waals surface area contributed by atoms with E-state index in [1.165, 1.54) is 6.92 Å². The highest BCUT2D eigenvalue weighted by Gasteiger charge is 2.53. The molecule has 0 saturated heterocycles. The number of carbonyl (C=O) groups excluding carboxylic acids is 2. The molecule has 1 aliphatic carbocycles. The van der Waals surface area contributed by atoms with E-state index in [-0.39, 0.29) is 30.8 Å². The third-order valence-electron chi connectivity index (χ3n) is 3.76. The summed E-state index contributed by atoms with van der Waals surface area (Å²) in [5.74, 6) is -1.87. The molecule has 0 N–H and O–H groups in total. The topological polar surface area (TPSA) is 95.7 Å². The van der Waals surface area contributed by atoms with E-state index in [4.69, 9.17) is 9.47 Å². The maximum Gasteiger partial charge on any atom is 0.309 e. The Balaban J connectivity index is 2.72. The lowest BCUT2D eigenvalue weighted by Crippen LogP contribution is -2.32. The van der Waals surface area contributed by atoms with Crippen molar-refractivity contribution in [3.8, 4) is 0 Å². The van der Waals surface area contributed by atoms with Gasteiger partial charge in [-0.15, -0.1) is 0 Å². The molecule has 1 aliphatic rings.